The van der Waals surface area contributed by atoms with Gasteiger partial charge in [-0.2, -0.15) is 5.26 Å². The average Bonchev–Trinajstić information content (AvgIpc) is 2.92. The van der Waals surface area contributed by atoms with Crippen LogP contribution in [0.25, 0.3) is 16.7 Å². The number of nitriles is 1. The third kappa shape index (κ3) is 2.39. The Morgan fingerprint density at radius 2 is 2.17 bits per heavy atom. The number of hydrogen-bond donors (Lipinski definition) is 1. The molecule has 4 rings (SSSR count). The molecule has 0 atom stereocenters. The Morgan fingerprint density at radius 3 is 2.88 bits per heavy atom. The van der Waals surface area contributed by atoms with E-state index in [0.29, 0.717) is 11.4 Å². The smallest absolute Gasteiger partial charge is 0.156 e. The molecule has 0 bridgehead atoms. The van der Waals surface area contributed by atoms with E-state index in [4.69, 9.17) is 10.5 Å². The van der Waals surface area contributed by atoms with Crippen LogP contribution < -0.4 is 10.5 Å². The summed E-state index contributed by atoms with van der Waals surface area (Å²) in [5.41, 5.74) is 8.03. The Balaban J connectivity index is 1.87. The molecule has 6 heteroatoms. The predicted molar refractivity (Wildman–Crippen MR) is 89.9 cm³/mol. The molecule has 0 radical (unpaired) electrons. The summed E-state index contributed by atoms with van der Waals surface area (Å²) in [5, 5.41) is 10.4. The lowest BCUT2D eigenvalue weighted by molar-refractivity contribution is 0.102. The zero-order valence-electron chi connectivity index (χ0n) is 13.3. The minimum absolute atomic E-state index is 0.133. The lowest BCUT2D eigenvalue weighted by Gasteiger charge is -2.32. The van der Waals surface area contributed by atoms with E-state index in [1.54, 1.807) is 18.5 Å². The van der Waals surface area contributed by atoms with E-state index in [1.165, 1.54) is 0 Å². The second-order valence-corrected chi connectivity index (χ2v) is 6.17. The molecule has 0 saturated heterocycles. The van der Waals surface area contributed by atoms with E-state index in [0.717, 1.165) is 35.2 Å². The van der Waals surface area contributed by atoms with Gasteiger partial charge in [-0.3, -0.25) is 9.55 Å². The second-order valence-electron chi connectivity index (χ2n) is 6.17. The van der Waals surface area contributed by atoms with Crippen LogP contribution in [0.1, 0.15) is 24.1 Å². The third-order valence-corrected chi connectivity index (χ3v) is 4.32. The van der Waals surface area contributed by atoms with Crippen molar-refractivity contribution in [1.82, 2.24) is 14.5 Å². The average molecular weight is 319 g/mol. The summed E-state index contributed by atoms with van der Waals surface area (Å²) in [7, 11) is 0. The van der Waals surface area contributed by atoms with E-state index in [-0.39, 0.29) is 12.1 Å². The molecule has 0 aliphatic heterocycles. The quantitative estimate of drug-likeness (QED) is 0.801. The molecular weight excluding hydrogens is 302 g/mol. The van der Waals surface area contributed by atoms with Gasteiger partial charge in [0.1, 0.15) is 17.9 Å². The molecule has 3 aromatic rings. The maximum absolute atomic E-state index is 9.49. The van der Waals surface area contributed by atoms with Crippen LogP contribution in [0.3, 0.4) is 0 Å². The number of rotatable bonds is 3. The van der Waals surface area contributed by atoms with Gasteiger partial charge in [-0.1, -0.05) is 6.07 Å². The highest BCUT2D eigenvalue weighted by atomic mass is 16.5. The molecule has 2 N–H and O–H groups in total. The molecular formula is C18H17N5O. The van der Waals surface area contributed by atoms with Gasteiger partial charge >= 0.3 is 0 Å². The molecule has 2 aromatic heterocycles. The van der Waals surface area contributed by atoms with Gasteiger partial charge in [-0.05, 0) is 31.9 Å². The number of aromatic nitrogens is 3. The summed E-state index contributed by atoms with van der Waals surface area (Å²) in [4.78, 5) is 8.73. The number of para-hydroxylation sites is 1. The Morgan fingerprint density at radius 1 is 1.33 bits per heavy atom. The van der Waals surface area contributed by atoms with Gasteiger partial charge in [-0.25, -0.2) is 4.98 Å². The first kappa shape index (κ1) is 14.7. The topological polar surface area (TPSA) is 89.8 Å². The van der Waals surface area contributed by atoms with E-state index in [1.807, 2.05) is 29.8 Å². The van der Waals surface area contributed by atoms with Gasteiger partial charge in [0.05, 0.1) is 29.2 Å². The molecule has 0 unspecified atom stereocenters. The molecule has 6 nitrogen and oxygen atoms in total. The molecule has 120 valence electrons. The van der Waals surface area contributed by atoms with Crippen LogP contribution in [0.2, 0.25) is 0 Å². The molecule has 1 fully saturated rings. The number of nitrogens with zero attached hydrogens (tertiary/aromatic N) is 4. The number of nitrogens with two attached hydrogens (primary N) is 1. The highest BCUT2D eigenvalue weighted by molar-refractivity contribution is 5.92. The van der Waals surface area contributed by atoms with Crippen LogP contribution in [0.15, 0.2) is 36.8 Å². The van der Waals surface area contributed by atoms with E-state index in [2.05, 4.69) is 16.0 Å². The SMILES string of the molecule is Cc1cncc(-n2cc(OC3CC(N)C3)c3cccc(C#N)c32)n1. The Kier molecular flexibility index (Phi) is 3.44. The van der Waals surface area contributed by atoms with Gasteiger partial charge in [-0.15, -0.1) is 0 Å². The lowest BCUT2D eigenvalue weighted by Crippen LogP contribution is -2.43. The Hall–Kier alpha value is -2.91. The first-order chi connectivity index (χ1) is 11.7. The predicted octanol–water partition coefficient (Wildman–Crippen LogP) is 2.47. The largest absolute Gasteiger partial charge is 0.488 e. The van der Waals surface area contributed by atoms with Gasteiger partial charge in [0.15, 0.2) is 5.82 Å². The molecule has 0 spiro atoms. The number of ether oxygens (including phenoxy) is 1. The van der Waals surface area contributed by atoms with Crippen molar-refractivity contribution in [1.29, 1.82) is 5.26 Å². The summed E-state index contributed by atoms with van der Waals surface area (Å²) in [6.45, 7) is 1.89. The zero-order chi connectivity index (χ0) is 16.7. The summed E-state index contributed by atoms with van der Waals surface area (Å²) < 4.78 is 7.98. The van der Waals surface area contributed by atoms with Crippen molar-refractivity contribution >= 4 is 10.9 Å². The molecule has 24 heavy (non-hydrogen) atoms. The van der Waals surface area contributed by atoms with Crippen molar-refractivity contribution in [3.63, 3.8) is 0 Å². The van der Waals surface area contributed by atoms with Crippen molar-refractivity contribution in [2.75, 3.05) is 0 Å². The van der Waals surface area contributed by atoms with Crippen molar-refractivity contribution in [3.05, 3.63) is 48.0 Å². The second kappa shape index (κ2) is 5.62. The van der Waals surface area contributed by atoms with Crippen molar-refractivity contribution in [3.8, 4) is 17.6 Å². The normalized spacial score (nSPS) is 19.7. The number of fused-ring (bicyclic) bond motifs is 1. The van der Waals surface area contributed by atoms with Crippen LogP contribution >= 0.6 is 0 Å². The molecule has 1 saturated carbocycles. The molecule has 0 amide bonds. The first-order valence-corrected chi connectivity index (χ1v) is 7.91. The molecule has 2 heterocycles. The lowest BCUT2D eigenvalue weighted by atomic mass is 9.90. The van der Waals surface area contributed by atoms with Crippen molar-refractivity contribution in [2.45, 2.75) is 31.9 Å². The van der Waals surface area contributed by atoms with Gasteiger partial charge in [0.2, 0.25) is 0 Å². The highest BCUT2D eigenvalue weighted by Gasteiger charge is 2.29. The number of hydrogen-bond acceptors (Lipinski definition) is 5. The van der Waals surface area contributed by atoms with E-state index >= 15 is 0 Å². The van der Waals surface area contributed by atoms with Crippen LogP contribution in [0.4, 0.5) is 0 Å². The van der Waals surface area contributed by atoms with Crippen LogP contribution in [-0.2, 0) is 0 Å². The van der Waals surface area contributed by atoms with Crippen LogP contribution in [0.5, 0.6) is 5.75 Å². The standard InChI is InChI=1S/C18H17N5O/c1-11-8-21-9-17(22-11)23-10-16(24-14-5-13(20)6-14)15-4-2-3-12(7-19)18(15)23/h2-4,8-10,13-14H,5-6,20H2,1H3. The van der Waals surface area contributed by atoms with Gasteiger partial charge in [0, 0.05) is 17.6 Å². The highest BCUT2D eigenvalue weighted by Crippen LogP contribution is 2.35. The maximum Gasteiger partial charge on any atom is 0.156 e. The van der Waals surface area contributed by atoms with Gasteiger partial charge in [0.25, 0.3) is 0 Å². The first-order valence-electron chi connectivity index (χ1n) is 7.91. The Bertz CT molecular complexity index is 950. The molecule has 1 aliphatic rings. The zero-order valence-corrected chi connectivity index (χ0v) is 13.3. The molecule has 1 aliphatic carbocycles. The summed E-state index contributed by atoms with van der Waals surface area (Å²) in [6, 6.07) is 8.10. The van der Waals surface area contributed by atoms with Crippen molar-refractivity contribution in [2.24, 2.45) is 5.73 Å². The number of benzene rings is 1. The Labute approximate surface area is 139 Å². The van der Waals surface area contributed by atoms with E-state index in [9.17, 15) is 5.26 Å². The summed E-state index contributed by atoms with van der Waals surface area (Å²) >= 11 is 0. The monoisotopic (exact) mass is 319 g/mol. The van der Waals surface area contributed by atoms with Gasteiger partial charge < -0.3 is 10.5 Å². The third-order valence-electron chi connectivity index (χ3n) is 4.32. The summed E-state index contributed by atoms with van der Waals surface area (Å²) in [6.07, 6.45) is 7.12. The fraction of sp³-hybridized carbons (Fsp3) is 0.278. The summed E-state index contributed by atoms with van der Waals surface area (Å²) in [5.74, 6) is 1.42. The van der Waals surface area contributed by atoms with Crippen molar-refractivity contribution < 1.29 is 4.74 Å². The molecule has 1 aromatic carbocycles. The van der Waals surface area contributed by atoms with Crippen LogP contribution in [-0.4, -0.2) is 26.7 Å². The number of aryl methyl sites for hydroxylation is 1. The minimum Gasteiger partial charge on any atom is -0.488 e. The minimum atomic E-state index is 0.133. The fourth-order valence-electron chi connectivity index (χ4n) is 3.07. The maximum atomic E-state index is 9.49. The van der Waals surface area contributed by atoms with E-state index < -0.39 is 0 Å². The van der Waals surface area contributed by atoms with Crippen LogP contribution in [0, 0.1) is 18.3 Å². The fourth-order valence-corrected chi connectivity index (χ4v) is 3.07.